The predicted molar refractivity (Wildman–Crippen MR) is 110 cm³/mol. The molecular formula is C20H34O4S2. The predicted octanol–water partition coefficient (Wildman–Crippen LogP) is 5.77. The molecule has 1 heterocycles. The van der Waals surface area contributed by atoms with Gasteiger partial charge in [0.1, 0.15) is 6.29 Å². The number of hydrogen-bond donors (Lipinski definition) is 1. The van der Waals surface area contributed by atoms with Gasteiger partial charge in [-0.15, -0.1) is 11.3 Å². The van der Waals surface area contributed by atoms with Gasteiger partial charge in [0.2, 0.25) is 0 Å². The molecule has 0 saturated heterocycles. The molecule has 0 atom stereocenters. The molecule has 1 N–H and O–H groups in total. The van der Waals surface area contributed by atoms with Crippen molar-refractivity contribution in [3.63, 3.8) is 0 Å². The monoisotopic (exact) mass is 402 g/mol. The summed E-state index contributed by atoms with van der Waals surface area (Å²) in [6.45, 7) is 1.87. The maximum absolute atomic E-state index is 10.4. The summed E-state index contributed by atoms with van der Waals surface area (Å²) in [5.74, 6) is 0.652. The lowest BCUT2D eigenvalue weighted by atomic mass is 10.0. The van der Waals surface area contributed by atoms with Gasteiger partial charge in [-0.05, 0) is 42.2 Å². The Labute approximate surface area is 163 Å². The van der Waals surface area contributed by atoms with E-state index in [0.717, 1.165) is 18.6 Å². The fraction of sp³-hybridized carbons (Fsp3) is 0.750. The number of hydrogen-bond acceptors (Lipinski definition) is 4. The van der Waals surface area contributed by atoms with Crippen molar-refractivity contribution in [2.75, 3.05) is 5.75 Å². The Morgan fingerprint density at radius 1 is 1.12 bits per heavy atom. The molecule has 0 aliphatic heterocycles. The molecule has 1 aromatic rings. The summed E-state index contributed by atoms with van der Waals surface area (Å²) in [5, 5.41) is 2.12. The maximum Gasteiger partial charge on any atom is 0.264 e. The smallest absolute Gasteiger partial charge is 0.264 e. The van der Waals surface area contributed by atoms with Crippen molar-refractivity contribution in [2.24, 2.45) is 0 Å². The van der Waals surface area contributed by atoms with Crippen LogP contribution in [0.4, 0.5) is 0 Å². The van der Waals surface area contributed by atoms with Crippen LogP contribution in [0.2, 0.25) is 0 Å². The molecule has 0 unspecified atom stereocenters. The lowest BCUT2D eigenvalue weighted by Crippen LogP contribution is -2.02. The third-order valence-corrected chi connectivity index (χ3v) is 6.74. The van der Waals surface area contributed by atoms with E-state index in [1.165, 1.54) is 68.2 Å². The number of thiophene rings is 1. The van der Waals surface area contributed by atoms with Crippen LogP contribution in [0, 0.1) is 0 Å². The third-order valence-electron chi connectivity index (χ3n) is 4.82. The van der Waals surface area contributed by atoms with Crippen molar-refractivity contribution in [1.29, 1.82) is 0 Å². The zero-order valence-electron chi connectivity index (χ0n) is 16.0. The van der Waals surface area contributed by atoms with Gasteiger partial charge < -0.3 is 4.79 Å². The van der Waals surface area contributed by atoms with Gasteiger partial charge in [0.25, 0.3) is 10.1 Å². The van der Waals surface area contributed by atoms with Crippen molar-refractivity contribution in [3.8, 4) is 0 Å². The molecule has 0 radical (unpaired) electrons. The molecule has 150 valence electrons. The molecule has 0 amide bonds. The largest absolute Gasteiger partial charge is 0.303 e. The van der Waals surface area contributed by atoms with Crippen molar-refractivity contribution < 1.29 is 17.8 Å². The first kappa shape index (κ1) is 23.3. The SMILES string of the molecule is C1CCCC1.CCCCS(=O)(=O)O.O=CCc1ccsc1C1CCCC1. The second-order valence-electron chi connectivity index (χ2n) is 7.07. The van der Waals surface area contributed by atoms with E-state index in [4.69, 9.17) is 4.55 Å². The molecule has 6 heteroatoms. The van der Waals surface area contributed by atoms with Crippen molar-refractivity contribution in [1.82, 2.24) is 0 Å². The highest BCUT2D eigenvalue weighted by molar-refractivity contribution is 7.85. The first-order chi connectivity index (χ1) is 12.5. The summed E-state index contributed by atoms with van der Waals surface area (Å²) in [5.41, 5.74) is 1.27. The summed E-state index contributed by atoms with van der Waals surface area (Å²) < 4.78 is 28.0. The average molecular weight is 403 g/mol. The van der Waals surface area contributed by atoms with Crippen molar-refractivity contribution >= 4 is 27.7 Å². The van der Waals surface area contributed by atoms with Crippen LogP contribution in [-0.4, -0.2) is 25.0 Å². The number of unbranched alkanes of at least 4 members (excludes halogenated alkanes) is 1. The van der Waals surface area contributed by atoms with Crippen LogP contribution in [0.15, 0.2) is 11.4 Å². The summed E-state index contributed by atoms with van der Waals surface area (Å²) in [6, 6.07) is 2.10. The lowest BCUT2D eigenvalue weighted by Gasteiger charge is -2.07. The van der Waals surface area contributed by atoms with Gasteiger partial charge in [0.15, 0.2) is 0 Å². The van der Waals surface area contributed by atoms with E-state index in [-0.39, 0.29) is 5.75 Å². The topological polar surface area (TPSA) is 71.4 Å². The number of carbonyl (C=O) groups is 1. The van der Waals surface area contributed by atoms with Gasteiger partial charge in [-0.25, -0.2) is 0 Å². The Balaban J connectivity index is 0.000000222. The molecule has 0 bridgehead atoms. The van der Waals surface area contributed by atoms with Gasteiger partial charge in [0, 0.05) is 11.3 Å². The van der Waals surface area contributed by atoms with Gasteiger partial charge in [-0.1, -0.05) is 58.3 Å². The van der Waals surface area contributed by atoms with Crippen molar-refractivity contribution in [2.45, 2.75) is 89.9 Å². The summed E-state index contributed by atoms with van der Waals surface area (Å²) in [4.78, 5) is 11.9. The van der Waals surface area contributed by atoms with Crippen LogP contribution >= 0.6 is 11.3 Å². The van der Waals surface area contributed by atoms with Gasteiger partial charge in [-0.3, -0.25) is 4.55 Å². The number of carbonyl (C=O) groups excluding carboxylic acids is 1. The average Bonchev–Trinajstić information content (AvgIpc) is 3.35. The fourth-order valence-corrected chi connectivity index (χ4v) is 5.13. The van der Waals surface area contributed by atoms with E-state index in [0.29, 0.717) is 12.8 Å². The minimum absolute atomic E-state index is 0.108. The summed E-state index contributed by atoms with van der Waals surface area (Å²) in [7, 11) is -3.69. The number of rotatable bonds is 6. The summed E-state index contributed by atoms with van der Waals surface area (Å²) >= 11 is 1.83. The molecule has 1 aromatic heterocycles. The van der Waals surface area contributed by atoms with Crippen LogP contribution in [0.3, 0.4) is 0 Å². The van der Waals surface area contributed by atoms with Crippen LogP contribution in [0.25, 0.3) is 0 Å². The van der Waals surface area contributed by atoms with E-state index < -0.39 is 10.1 Å². The van der Waals surface area contributed by atoms with Gasteiger partial charge in [-0.2, -0.15) is 8.42 Å². The maximum atomic E-state index is 10.4. The Morgan fingerprint density at radius 2 is 1.69 bits per heavy atom. The molecule has 0 spiro atoms. The second-order valence-corrected chi connectivity index (χ2v) is 9.59. The molecular weight excluding hydrogens is 368 g/mol. The highest BCUT2D eigenvalue weighted by atomic mass is 32.2. The highest BCUT2D eigenvalue weighted by Gasteiger charge is 2.20. The van der Waals surface area contributed by atoms with Crippen LogP contribution < -0.4 is 0 Å². The molecule has 2 aliphatic carbocycles. The normalized spacial score (nSPS) is 17.2. The standard InChI is InChI=1S/C11H14OS.C5H10.C4H10O3S/c12-7-5-10-6-8-13-11(10)9-3-1-2-4-9;1-2-4-5-3-1;1-2-3-4-8(5,6)7/h6-9H,1-5H2;1-5H2;2-4H2,1H3,(H,5,6,7). The van der Waals surface area contributed by atoms with E-state index in [1.54, 1.807) is 0 Å². The van der Waals surface area contributed by atoms with Crippen LogP contribution in [0.5, 0.6) is 0 Å². The molecule has 2 saturated carbocycles. The van der Waals surface area contributed by atoms with Crippen LogP contribution in [-0.2, 0) is 21.3 Å². The van der Waals surface area contributed by atoms with Crippen LogP contribution in [0.1, 0.15) is 93.9 Å². The number of aldehydes is 1. The minimum atomic E-state index is -3.69. The minimum Gasteiger partial charge on any atom is -0.303 e. The summed E-state index contributed by atoms with van der Waals surface area (Å²) in [6.07, 6.45) is 15.8. The Hall–Kier alpha value is -0.720. The molecule has 4 nitrogen and oxygen atoms in total. The van der Waals surface area contributed by atoms with E-state index >= 15 is 0 Å². The Kier molecular flexibility index (Phi) is 12.1. The highest BCUT2D eigenvalue weighted by Crippen LogP contribution is 2.38. The molecule has 0 aromatic carbocycles. The van der Waals surface area contributed by atoms with E-state index in [1.807, 2.05) is 18.3 Å². The lowest BCUT2D eigenvalue weighted by molar-refractivity contribution is -0.107. The third kappa shape index (κ3) is 10.4. The second kappa shape index (κ2) is 13.4. The van der Waals surface area contributed by atoms with Gasteiger partial charge >= 0.3 is 0 Å². The quantitative estimate of drug-likeness (QED) is 0.484. The molecule has 26 heavy (non-hydrogen) atoms. The Morgan fingerprint density at radius 3 is 2.12 bits per heavy atom. The van der Waals surface area contributed by atoms with Gasteiger partial charge in [0.05, 0.1) is 5.75 Å². The Bertz CT molecular complexity index is 575. The first-order valence-electron chi connectivity index (χ1n) is 9.93. The van der Waals surface area contributed by atoms with Crippen molar-refractivity contribution in [3.05, 3.63) is 21.9 Å². The molecule has 3 rings (SSSR count). The van der Waals surface area contributed by atoms with E-state index in [9.17, 15) is 13.2 Å². The fourth-order valence-electron chi connectivity index (χ4n) is 3.36. The zero-order valence-corrected chi connectivity index (χ0v) is 17.6. The molecule has 2 aliphatic rings. The van der Waals surface area contributed by atoms with E-state index in [2.05, 4.69) is 11.4 Å². The first-order valence-corrected chi connectivity index (χ1v) is 12.4. The molecule has 2 fully saturated rings. The zero-order chi connectivity index (χ0) is 19.3.